The Hall–Kier alpha value is -2.10. The molecule has 0 spiro atoms. The molecule has 0 atom stereocenters. The van der Waals surface area contributed by atoms with Crippen molar-refractivity contribution in [3.05, 3.63) is 53.6 Å². The van der Waals surface area contributed by atoms with E-state index in [9.17, 15) is 0 Å². The van der Waals surface area contributed by atoms with Crippen LogP contribution in [0.15, 0.2) is 48.1 Å². The fourth-order valence-corrected chi connectivity index (χ4v) is 2.93. The summed E-state index contributed by atoms with van der Waals surface area (Å²) in [5.41, 5.74) is 3.26. The normalized spacial score (nSPS) is 19.9. The molecular weight excluding hydrogens is 354 g/mol. The lowest BCUT2D eigenvalue weighted by Crippen LogP contribution is -2.31. The van der Waals surface area contributed by atoms with Gasteiger partial charge in [0, 0.05) is 29.9 Å². The highest BCUT2D eigenvalue weighted by Crippen LogP contribution is 2.15. The Morgan fingerprint density at radius 3 is 1.79 bits per heavy atom. The summed E-state index contributed by atoms with van der Waals surface area (Å²) in [5, 5.41) is 0. The van der Waals surface area contributed by atoms with Crippen LogP contribution in [-0.4, -0.2) is 65.9 Å². The summed E-state index contributed by atoms with van der Waals surface area (Å²) in [6.07, 6.45) is 7.32. The van der Waals surface area contributed by atoms with E-state index >= 15 is 0 Å². The van der Waals surface area contributed by atoms with Crippen molar-refractivity contribution in [2.45, 2.75) is 6.42 Å². The minimum Gasteiger partial charge on any atom is -0.377 e. The van der Waals surface area contributed by atoms with Gasteiger partial charge in [-0.05, 0) is 30.7 Å². The molecule has 1 fully saturated rings. The Morgan fingerprint density at radius 1 is 0.679 bits per heavy atom. The molecule has 0 aromatic heterocycles. The molecule has 3 rings (SSSR count). The molecule has 1 aliphatic heterocycles. The van der Waals surface area contributed by atoms with E-state index in [1.54, 1.807) is 0 Å². The topological polar surface area (TPSA) is 40.2 Å². The molecule has 1 aromatic carbocycles. The summed E-state index contributed by atoms with van der Waals surface area (Å²) in [5.74, 6) is 6.43. The maximum atomic E-state index is 5.70. The average Bonchev–Trinajstić information content (AvgIpc) is 3.24. The van der Waals surface area contributed by atoms with Crippen LogP contribution in [0.1, 0.15) is 12.0 Å². The highest BCUT2D eigenvalue weighted by molar-refractivity contribution is 5.53. The predicted octanol–water partition coefficient (Wildman–Crippen LogP) is 2.81. The van der Waals surface area contributed by atoms with Crippen LogP contribution in [-0.2, 0) is 18.9 Å². The molecule has 2 aliphatic rings. The first kappa shape index (κ1) is 20.6. The zero-order valence-electron chi connectivity index (χ0n) is 16.4. The smallest absolute Gasteiger partial charge is 0.0701 e. The highest BCUT2D eigenvalue weighted by atomic mass is 16.6. The van der Waals surface area contributed by atoms with E-state index in [-0.39, 0.29) is 0 Å². The number of ether oxygens (including phenoxy) is 4. The first-order valence-electron chi connectivity index (χ1n) is 9.96. The quantitative estimate of drug-likeness (QED) is 0.698. The number of hydrogen-bond acceptors (Lipinski definition) is 5. The van der Waals surface area contributed by atoms with Crippen molar-refractivity contribution < 1.29 is 18.9 Å². The fourth-order valence-electron chi connectivity index (χ4n) is 2.93. The van der Waals surface area contributed by atoms with Gasteiger partial charge in [0.05, 0.1) is 52.9 Å². The third kappa shape index (κ3) is 7.49. The molecule has 1 aromatic rings. The van der Waals surface area contributed by atoms with E-state index in [0.29, 0.717) is 52.9 Å². The zero-order valence-corrected chi connectivity index (χ0v) is 16.4. The lowest BCUT2D eigenvalue weighted by atomic mass is 10.2. The maximum absolute atomic E-state index is 5.70. The van der Waals surface area contributed by atoms with Crippen molar-refractivity contribution in [2.75, 3.05) is 70.8 Å². The molecule has 28 heavy (non-hydrogen) atoms. The Balaban J connectivity index is 1.56. The van der Waals surface area contributed by atoms with Gasteiger partial charge in [-0.3, -0.25) is 0 Å². The van der Waals surface area contributed by atoms with Gasteiger partial charge in [-0.2, -0.15) is 0 Å². The van der Waals surface area contributed by atoms with Crippen LogP contribution in [0.3, 0.4) is 0 Å². The van der Waals surface area contributed by atoms with Crippen LogP contribution in [0.2, 0.25) is 0 Å². The van der Waals surface area contributed by atoms with Crippen molar-refractivity contribution in [1.29, 1.82) is 0 Å². The maximum Gasteiger partial charge on any atom is 0.0701 e. The van der Waals surface area contributed by atoms with E-state index < -0.39 is 0 Å². The number of allylic oxidation sites excluding steroid dienone is 4. The summed E-state index contributed by atoms with van der Waals surface area (Å²) in [6.45, 7) is 6.51. The standard InChI is InChI=1S/C23H29NO4/c1-2-4-21(3-1)5-6-22-7-9-23(10-8-22)24-11-13-25-15-17-27-19-20-28-18-16-26-14-12-24/h1,3-4,7-10H,2,11-20H2. The highest BCUT2D eigenvalue weighted by Gasteiger charge is 2.07. The van der Waals surface area contributed by atoms with Gasteiger partial charge in [0.2, 0.25) is 0 Å². The van der Waals surface area contributed by atoms with Crippen LogP contribution in [0.25, 0.3) is 0 Å². The second kappa shape index (κ2) is 12.4. The molecule has 0 unspecified atom stereocenters. The van der Waals surface area contributed by atoms with E-state index in [2.05, 4.69) is 59.2 Å². The van der Waals surface area contributed by atoms with Gasteiger partial charge < -0.3 is 23.8 Å². The largest absolute Gasteiger partial charge is 0.377 e. The van der Waals surface area contributed by atoms with Crippen molar-refractivity contribution in [1.82, 2.24) is 0 Å². The lowest BCUT2D eigenvalue weighted by Gasteiger charge is -2.25. The zero-order chi connectivity index (χ0) is 19.3. The van der Waals surface area contributed by atoms with Crippen LogP contribution < -0.4 is 4.90 Å². The average molecular weight is 383 g/mol. The summed E-state index contributed by atoms with van der Waals surface area (Å²) in [4.78, 5) is 2.28. The van der Waals surface area contributed by atoms with Crippen molar-refractivity contribution >= 4 is 5.69 Å². The first-order valence-corrected chi connectivity index (χ1v) is 9.96. The minimum absolute atomic E-state index is 0.596. The Labute approximate surface area is 167 Å². The van der Waals surface area contributed by atoms with E-state index in [4.69, 9.17) is 18.9 Å². The molecule has 0 amide bonds. The molecule has 1 saturated heterocycles. The van der Waals surface area contributed by atoms with Gasteiger partial charge in [0.25, 0.3) is 0 Å². The van der Waals surface area contributed by atoms with E-state index in [1.807, 2.05) is 0 Å². The second-order valence-corrected chi connectivity index (χ2v) is 6.53. The third-order valence-electron chi connectivity index (χ3n) is 4.48. The van der Waals surface area contributed by atoms with Crippen LogP contribution in [0.5, 0.6) is 0 Å². The summed E-state index contributed by atoms with van der Waals surface area (Å²) in [6, 6.07) is 8.37. The summed E-state index contributed by atoms with van der Waals surface area (Å²) < 4.78 is 22.3. The predicted molar refractivity (Wildman–Crippen MR) is 111 cm³/mol. The monoisotopic (exact) mass is 383 g/mol. The molecule has 0 N–H and O–H groups in total. The van der Waals surface area contributed by atoms with Crippen molar-refractivity contribution in [2.24, 2.45) is 0 Å². The van der Waals surface area contributed by atoms with Gasteiger partial charge in [0.15, 0.2) is 0 Å². The van der Waals surface area contributed by atoms with Gasteiger partial charge in [-0.1, -0.05) is 30.1 Å². The number of nitrogens with zero attached hydrogens (tertiary/aromatic N) is 1. The summed E-state index contributed by atoms with van der Waals surface area (Å²) >= 11 is 0. The van der Waals surface area contributed by atoms with Crippen molar-refractivity contribution in [3.8, 4) is 11.8 Å². The molecule has 150 valence electrons. The molecule has 5 heteroatoms. The number of hydrogen-bond donors (Lipinski definition) is 0. The Bertz CT molecular complexity index is 684. The van der Waals surface area contributed by atoms with Crippen LogP contribution in [0, 0.1) is 11.8 Å². The number of rotatable bonds is 1. The minimum atomic E-state index is 0.596. The van der Waals surface area contributed by atoms with Crippen LogP contribution >= 0.6 is 0 Å². The van der Waals surface area contributed by atoms with E-state index in [0.717, 1.165) is 36.3 Å². The molecular formula is C23H29NO4. The molecule has 0 radical (unpaired) electrons. The molecule has 1 heterocycles. The first-order chi connectivity index (χ1) is 13.9. The second-order valence-electron chi connectivity index (χ2n) is 6.53. The van der Waals surface area contributed by atoms with Gasteiger partial charge in [-0.15, -0.1) is 0 Å². The Kier molecular flexibility index (Phi) is 9.12. The fraction of sp³-hybridized carbons (Fsp3) is 0.478. The Morgan fingerprint density at radius 2 is 1.25 bits per heavy atom. The number of anilines is 1. The third-order valence-corrected chi connectivity index (χ3v) is 4.48. The van der Waals surface area contributed by atoms with Gasteiger partial charge >= 0.3 is 0 Å². The lowest BCUT2D eigenvalue weighted by molar-refractivity contribution is 0.00206. The SMILES string of the molecule is C(#Cc1ccc(N2CCOCCOCCOCCOCC2)cc1)C1=CCC=C1. The van der Waals surface area contributed by atoms with Crippen molar-refractivity contribution in [3.63, 3.8) is 0 Å². The molecule has 1 aliphatic carbocycles. The summed E-state index contributed by atoms with van der Waals surface area (Å²) in [7, 11) is 0. The van der Waals surface area contributed by atoms with Gasteiger partial charge in [-0.25, -0.2) is 0 Å². The number of benzene rings is 1. The molecule has 0 saturated carbocycles. The molecule has 0 bridgehead atoms. The molecule has 5 nitrogen and oxygen atoms in total. The van der Waals surface area contributed by atoms with E-state index in [1.165, 1.54) is 0 Å². The van der Waals surface area contributed by atoms with Gasteiger partial charge in [0.1, 0.15) is 0 Å². The van der Waals surface area contributed by atoms with Crippen LogP contribution in [0.4, 0.5) is 5.69 Å².